The summed E-state index contributed by atoms with van der Waals surface area (Å²) in [6, 6.07) is 3.47. The van der Waals surface area contributed by atoms with E-state index in [-0.39, 0.29) is 24.2 Å². The number of Topliss-reactive ketones (excluding diaryl/α,β-unsaturated/α-hetero) is 2. The van der Waals surface area contributed by atoms with Gasteiger partial charge in [-0.25, -0.2) is 4.79 Å². The van der Waals surface area contributed by atoms with E-state index in [0.29, 0.717) is 0 Å². The molecule has 1 heterocycles. The Kier molecular flexibility index (Phi) is 5.41. The van der Waals surface area contributed by atoms with Gasteiger partial charge in [0, 0.05) is 24.1 Å². The van der Waals surface area contributed by atoms with E-state index in [4.69, 9.17) is 4.74 Å². The fourth-order valence-corrected chi connectivity index (χ4v) is 2.61. The number of hydrogen-bond acceptors (Lipinski definition) is 7. The first-order chi connectivity index (χ1) is 12.0. The maximum Gasteiger partial charge on any atom is 0.411 e. The molecule has 2 atom stereocenters. The van der Waals surface area contributed by atoms with Crippen LogP contribution in [0, 0.1) is 10.1 Å². The summed E-state index contributed by atoms with van der Waals surface area (Å²) < 4.78 is 5.22. The molecule has 1 N–H and O–H groups in total. The van der Waals surface area contributed by atoms with Gasteiger partial charge in [-0.3, -0.25) is 24.6 Å². The summed E-state index contributed by atoms with van der Waals surface area (Å²) in [7, 11) is 0. The van der Waals surface area contributed by atoms with E-state index in [1.54, 1.807) is 20.8 Å². The maximum absolute atomic E-state index is 12.5. The molecule has 9 heteroatoms. The van der Waals surface area contributed by atoms with Crippen molar-refractivity contribution in [1.29, 1.82) is 0 Å². The van der Waals surface area contributed by atoms with Crippen LogP contribution in [0.1, 0.15) is 37.6 Å². The Morgan fingerprint density at radius 3 is 2.31 bits per heavy atom. The lowest BCUT2D eigenvalue weighted by molar-refractivity contribution is -0.384. The lowest BCUT2D eigenvalue weighted by Gasteiger charge is -2.27. The van der Waals surface area contributed by atoms with Gasteiger partial charge in [-0.05, 0) is 32.9 Å². The van der Waals surface area contributed by atoms with Crippen LogP contribution in [0.5, 0.6) is 0 Å². The second-order valence-electron chi connectivity index (χ2n) is 7.04. The molecule has 0 unspecified atom stereocenters. The zero-order valence-electron chi connectivity index (χ0n) is 14.7. The first-order valence-electron chi connectivity index (χ1n) is 8.00. The number of likely N-dealkylation sites (tertiary alicyclic amines) is 1. The van der Waals surface area contributed by atoms with Crippen molar-refractivity contribution >= 4 is 23.3 Å². The number of carbonyl (C=O) groups is 3. The molecule has 1 fully saturated rings. The predicted molar refractivity (Wildman–Crippen MR) is 89.8 cm³/mol. The molecule has 0 radical (unpaired) electrons. The molecule has 0 spiro atoms. The molecule has 26 heavy (non-hydrogen) atoms. The van der Waals surface area contributed by atoms with Crippen LogP contribution in [0.3, 0.4) is 0 Å². The van der Waals surface area contributed by atoms with E-state index < -0.39 is 40.3 Å². The van der Waals surface area contributed by atoms with Gasteiger partial charge >= 0.3 is 6.09 Å². The molecular weight excluding hydrogens is 344 g/mol. The molecule has 1 aliphatic heterocycles. The van der Waals surface area contributed by atoms with Gasteiger partial charge in [-0.2, -0.15) is 0 Å². The van der Waals surface area contributed by atoms with Gasteiger partial charge in [0.15, 0.2) is 0 Å². The topological polar surface area (TPSA) is 127 Å². The molecule has 1 aliphatic rings. The van der Waals surface area contributed by atoms with Gasteiger partial charge in [0.05, 0.1) is 17.6 Å². The Morgan fingerprint density at radius 2 is 1.81 bits per heavy atom. The van der Waals surface area contributed by atoms with E-state index in [2.05, 4.69) is 0 Å². The lowest BCUT2D eigenvalue weighted by Crippen LogP contribution is -2.45. The van der Waals surface area contributed by atoms with Crippen molar-refractivity contribution in [3.05, 3.63) is 39.9 Å². The van der Waals surface area contributed by atoms with Gasteiger partial charge in [0.1, 0.15) is 11.6 Å². The van der Waals surface area contributed by atoms with Gasteiger partial charge in [0.25, 0.3) is 5.69 Å². The highest BCUT2D eigenvalue weighted by Crippen LogP contribution is 2.23. The molecule has 0 bridgehead atoms. The second-order valence-corrected chi connectivity index (χ2v) is 7.04. The van der Waals surface area contributed by atoms with Crippen molar-refractivity contribution in [2.45, 2.75) is 44.9 Å². The van der Waals surface area contributed by atoms with Crippen molar-refractivity contribution in [1.82, 2.24) is 4.90 Å². The number of ketones is 2. The number of nitro benzene ring substituents is 1. The number of amides is 1. The standard InChI is InChI=1S/C17H20N2O7/c1-17(2,3)26-16(23)18-9-12(20)8-13(18)15(22)14(21)10-4-6-11(7-5-10)19(24)25/h4-7,12-13,20H,8-9H2,1-3H3/t12-,13+/m1/s1. The molecule has 1 amide bonds. The van der Waals surface area contributed by atoms with Crippen molar-refractivity contribution in [3.8, 4) is 0 Å². The van der Waals surface area contributed by atoms with Crippen LogP contribution < -0.4 is 0 Å². The number of benzene rings is 1. The molecule has 0 saturated carbocycles. The van der Waals surface area contributed by atoms with Crippen LogP contribution in [-0.4, -0.2) is 56.9 Å². The Balaban J connectivity index is 2.18. The largest absolute Gasteiger partial charge is 0.444 e. The maximum atomic E-state index is 12.5. The number of carbonyl (C=O) groups excluding carboxylic acids is 3. The molecule has 0 aromatic heterocycles. The van der Waals surface area contributed by atoms with Crippen LogP contribution >= 0.6 is 0 Å². The smallest absolute Gasteiger partial charge is 0.411 e. The van der Waals surface area contributed by atoms with Crippen molar-refractivity contribution < 1.29 is 29.2 Å². The van der Waals surface area contributed by atoms with E-state index in [1.807, 2.05) is 0 Å². The number of β-amino-alcohol motifs (C(OH)–C–C–N with tert-alkyl or cyclic N) is 1. The van der Waals surface area contributed by atoms with Crippen LogP contribution in [0.2, 0.25) is 0 Å². The number of aliphatic hydroxyl groups is 1. The Morgan fingerprint density at radius 1 is 1.23 bits per heavy atom. The first kappa shape index (κ1) is 19.5. The number of nitrogens with zero attached hydrogens (tertiary/aromatic N) is 2. The highest BCUT2D eigenvalue weighted by molar-refractivity contribution is 6.45. The number of aliphatic hydroxyl groups excluding tert-OH is 1. The molecule has 1 aromatic carbocycles. The zero-order chi connectivity index (χ0) is 19.6. The molecule has 0 aliphatic carbocycles. The number of non-ortho nitro benzene ring substituents is 1. The first-order valence-corrected chi connectivity index (χ1v) is 8.00. The molecular formula is C17H20N2O7. The van der Waals surface area contributed by atoms with E-state index in [0.717, 1.165) is 17.0 Å². The average Bonchev–Trinajstić information content (AvgIpc) is 2.94. The summed E-state index contributed by atoms with van der Waals surface area (Å²) >= 11 is 0. The van der Waals surface area contributed by atoms with Crippen LogP contribution in [0.25, 0.3) is 0 Å². The van der Waals surface area contributed by atoms with Gasteiger partial charge in [0.2, 0.25) is 11.6 Å². The molecule has 1 saturated heterocycles. The zero-order valence-corrected chi connectivity index (χ0v) is 14.7. The highest BCUT2D eigenvalue weighted by Gasteiger charge is 2.43. The third-order valence-electron chi connectivity index (χ3n) is 3.77. The number of rotatable bonds is 4. The predicted octanol–water partition coefficient (Wildman–Crippen LogP) is 1.72. The molecule has 1 aromatic rings. The van der Waals surface area contributed by atoms with E-state index in [1.165, 1.54) is 12.1 Å². The van der Waals surface area contributed by atoms with Gasteiger partial charge in [-0.1, -0.05) is 0 Å². The third-order valence-corrected chi connectivity index (χ3v) is 3.77. The summed E-state index contributed by atoms with van der Waals surface area (Å²) in [5.74, 6) is -1.76. The van der Waals surface area contributed by atoms with Crippen LogP contribution in [0.4, 0.5) is 10.5 Å². The monoisotopic (exact) mass is 364 g/mol. The SMILES string of the molecule is CC(C)(C)OC(=O)N1C[C@H](O)C[C@H]1C(=O)C(=O)c1ccc([N+](=O)[O-])cc1. The third kappa shape index (κ3) is 4.42. The number of hydrogen-bond donors (Lipinski definition) is 1. The van der Waals surface area contributed by atoms with E-state index >= 15 is 0 Å². The van der Waals surface area contributed by atoms with Crippen LogP contribution in [-0.2, 0) is 9.53 Å². The number of nitro groups is 1. The number of ether oxygens (including phenoxy) is 1. The minimum absolute atomic E-state index is 0.0221. The van der Waals surface area contributed by atoms with Crippen molar-refractivity contribution in [3.63, 3.8) is 0 Å². The Labute approximate surface area is 149 Å². The second kappa shape index (κ2) is 7.20. The quantitative estimate of drug-likeness (QED) is 0.373. The van der Waals surface area contributed by atoms with Gasteiger partial charge in [-0.15, -0.1) is 0 Å². The summed E-state index contributed by atoms with van der Waals surface area (Å²) in [4.78, 5) is 48.3. The van der Waals surface area contributed by atoms with Gasteiger partial charge < -0.3 is 9.84 Å². The molecule has 9 nitrogen and oxygen atoms in total. The average molecular weight is 364 g/mol. The highest BCUT2D eigenvalue weighted by atomic mass is 16.6. The fourth-order valence-electron chi connectivity index (χ4n) is 2.61. The summed E-state index contributed by atoms with van der Waals surface area (Å²) in [5.41, 5.74) is -1.02. The summed E-state index contributed by atoms with van der Waals surface area (Å²) in [6.45, 7) is 4.88. The minimum atomic E-state index is -1.14. The van der Waals surface area contributed by atoms with Crippen molar-refractivity contribution in [2.24, 2.45) is 0 Å². The summed E-state index contributed by atoms with van der Waals surface area (Å²) in [6.07, 6.45) is -1.80. The lowest BCUT2D eigenvalue weighted by atomic mass is 10.00. The fraction of sp³-hybridized carbons (Fsp3) is 0.471. The Bertz CT molecular complexity index is 736. The van der Waals surface area contributed by atoms with Crippen molar-refractivity contribution in [2.75, 3.05) is 6.54 Å². The molecule has 140 valence electrons. The normalized spacial score (nSPS) is 19.9. The minimum Gasteiger partial charge on any atom is -0.444 e. The molecule has 2 rings (SSSR count). The Hall–Kier alpha value is -2.81. The van der Waals surface area contributed by atoms with E-state index in [9.17, 15) is 29.6 Å². The summed E-state index contributed by atoms with van der Waals surface area (Å²) in [5, 5.41) is 20.5. The van der Waals surface area contributed by atoms with Crippen LogP contribution in [0.15, 0.2) is 24.3 Å².